The number of amides is 3. The third-order valence-electron chi connectivity index (χ3n) is 6.04. The lowest BCUT2D eigenvalue weighted by Gasteiger charge is -2.41. The predicted octanol–water partition coefficient (Wildman–Crippen LogP) is 0.693. The second-order valence-corrected chi connectivity index (χ2v) is 8.31. The van der Waals surface area contributed by atoms with E-state index in [0.717, 1.165) is 25.9 Å². The maximum Gasteiger partial charge on any atom is 0.322 e. The van der Waals surface area contributed by atoms with Gasteiger partial charge in [0.2, 0.25) is 5.91 Å². The zero-order valence-electron chi connectivity index (χ0n) is 16.9. The van der Waals surface area contributed by atoms with E-state index in [1.807, 2.05) is 18.2 Å². The second-order valence-electron chi connectivity index (χ2n) is 8.31. The molecule has 3 heterocycles. The molecule has 2 atom stereocenters. The molecule has 0 radical (unpaired) electrons. The van der Waals surface area contributed by atoms with Gasteiger partial charge in [0.1, 0.15) is 0 Å². The number of hydrogen-bond donors (Lipinski definition) is 1. The molecule has 1 aromatic carbocycles. The minimum atomic E-state index is -0.112. The summed E-state index contributed by atoms with van der Waals surface area (Å²) < 4.78 is 0. The molecule has 0 aromatic heterocycles. The third-order valence-corrected chi connectivity index (χ3v) is 6.04. The molecule has 3 amide bonds. The number of nitrogens with one attached hydrogen (secondary N) is 1. The van der Waals surface area contributed by atoms with E-state index in [1.165, 1.54) is 5.56 Å². The SMILES string of the molecule is CN1CN(Cc2ccccc2)CN(CC(=O)C[C@@H]2CNC(=O)[C@@H]3CCCN23)C1=O. The van der Waals surface area contributed by atoms with E-state index in [4.69, 9.17) is 0 Å². The fourth-order valence-corrected chi connectivity index (χ4v) is 4.70. The van der Waals surface area contributed by atoms with Crippen molar-refractivity contribution in [3.8, 4) is 0 Å². The van der Waals surface area contributed by atoms with E-state index in [-0.39, 0.29) is 36.3 Å². The van der Waals surface area contributed by atoms with E-state index in [9.17, 15) is 14.4 Å². The third kappa shape index (κ3) is 4.43. The van der Waals surface area contributed by atoms with Crippen LogP contribution in [-0.2, 0) is 16.1 Å². The number of hydrogen-bond acceptors (Lipinski definition) is 5. The van der Waals surface area contributed by atoms with Crippen LogP contribution in [0.3, 0.4) is 0 Å². The van der Waals surface area contributed by atoms with Crippen LogP contribution in [0.1, 0.15) is 24.8 Å². The molecule has 0 aliphatic carbocycles. The van der Waals surface area contributed by atoms with Crippen LogP contribution in [0.2, 0.25) is 0 Å². The molecule has 3 aliphatic heterocycles. The van der Waals surface area contributed by atoms with Gasteiger partial charge in [-0.15, -0.1) is 0 Å². The van der Waals surface area contributed by atoms with E-state index in [1.54, 1.807) is 16.8 Å². The zero-order chi connectivity index (χ0) is 20.4. The Bertz CT molecular complexity index is 771. The van der Waals surface area contributed by atoms with Gasteiger partial charge in [-0.25, -0.2) is 4.79 Å². The molecule has 4 rings (SSSR count). The monoisotopic (exact) mass is 399 g/mol. The largest absolute Gasteiger partial charge is 0.353 e. The number of rotatable bonds is 6. The molecule has 3 saturated heterocycles. The summed E-state index contributed by atoms with van der Waals surface area (Å²) >= 11 is 0. The van der Waals surface area contributed by atoms with Gasteiger partial charge in [-0.1, -0.05) is 30.3 Å². The quantitative estimate of drug-likeness (QED) is 0.762. The minimum Gasteiger partial charge on any atom is -0.353 e. The van der Waals surface area contributed by atoms with E-state index in [2.05, 4.69) is 27.2 Å². The average Bonchev–Trinajstić information content (AvgIpc) is 3.20. The van der Waals surface area contributed by atoms with E-state index < -0.39 is 0 Å². The highest BCUT2D eigenvalue weighted by atomic mass is 16.2. The molecule has 8 heteroatoms. The molecule has 1 N–H and O–H groups in total. The summed E-state index contributed by atoms with van der Waals surface area (Å²) in [5.74, 6) is 0.121. The maximum atomic E-state index is 12.8. The van der Waals surface area contributed by atoms with Crippen LogP contribution in [0.4, 0.5) is 4.79 Å². The number of piperazine rings is 1. The molecule has 3 fully saturated rings. The van der Waals surface area contributed by atoms with Crippen molar-refractivity contribution in [1.29, 1.82) is 0 Å². The van der Waals surface area contributed by atoms with Crippen molar-refractivity contribution in [3.63, 3.8) is 0 Å². The summed E-state index contributed by atoms with van der Waals surface area (Å²) in [5.41, 5.74) is 1.18. The lowest BCUT2D eigenvalue weighted by molar-refractivity contribution is -0.131. The Balaban J connectivity index is 1.35. The summed E-state index contributed by atoms with van der Waals surface area (Å²) in [6.45, 7) is 3.20. The lowest BCUT2D eigenvalue weighted by Crippen LogP contribution is -2.59. The Morgan fingerprint density at radius 3 is 2.76 bits per heavy atom. The van der Waals surface area contributed by atoms with Crippen LogP contribution < -0.4 is 5.32 Å². The van der Waals surface area contributed by atoms with E-state index in [0.29, 0.717) is 26.3 Å². The average molecular weight is 399 g/mol. The van der Waals surface area contributed by atoms with Crippen molar-refractivity contribution >= 4 is 17.7 Å². The fraction of sp³-hybridized carbons (Fsp3) is 0.571. The van der Waals surface area contributed by atoms with E-state index >= 15 is 0 Å². The normalized spacial score (nSPS) is 25.8. The van der Waals surface area contributed by atoms with Gasteiger partial charge >= 0.3 is 6.03 Å². The van der Waals surface area contributed by atoms with Gasteiger partial charge < -0.3 is 15.1 Å². The highest BCUT2D eigenvalue weighted by Crippen LogP contribution is 2.25. The maximum absolute atomic E-state index is 12.8. The first-order chi connectivity index (χ1) is 14.0. The van der Waals surface area contributed by atoms with Crippen molar-refractivity contribution in [1.82, 2.24) is 24.9 Å². The zero-order valence-corrected chi connectivity index (χ0v) is 16.9. The first-order valence-corrected chi connectivity index (χ1v) is 10.3. The Hall–Kier alpha value is -2.45. The summed E-state index contributed by atoms with van der Waals surface area (Å²) in [6, 6.07) is 9.95. The first-order valence-electron chi connectivity index (χ1n) is 10.3. The summed E-state index contributed by atoms with van der Waals surface area (Å²) in [7, 11) is 1.77. The number of carbonyl (C=O) groups is 3. The van der Waals surface area contributed by atoms with Crippen LogP contribution in [0.15, 0.2) is 30.3 Å². The molecule has 0 unspecified atom stereocenters. The van der Waals surface area contributed by atoms with Crippen LogP contribution in [0.25, 0.3) is 0 Å². The van der Waals surface area contributed by atoms with Gasteiger partial charge in [0, 0.05) is 32.6 Å². The Labute approximate surface area is 171 Å². The standard InChI is InChI=1S/C21H29N5O3/c1-23-14-24(12-16-6-3-2-4-7-16)15-25(21(23)29)13-18(27)10-17-11-22-20(28)19-8-5-9-26(17)19/h2-4,6-7,17,19H,5,8-15H2,1H3,(H,22,28)/t17-,19+/m1/s1. The summed E-state index contributed by atoms with van der Waals surface area (Å²) in [6.07, 6.45) is 2.22. The Morgan fingerprint density at radius 2 is 1.97 bits per heavy atom. The van der Waals surface area contributed by atoms with Gasteiger partial charge in [-0.3, -0.25) is 19.4 Å². The number of benzene rings is 1. The van der Waals surface area contributed by atoms with Crippen molar-refractivity contribution < 1.29 is 14.4 Å². The molecule has 1 aromatic rings. The first kappa shape index (κ1) is 19.8. The van der Waals surface area contributed by atoms with Crippen LogP contribution in [-0.4, -0.2) is 89.4 Å². The molecule has 0 spiro atoms. The molecule has 8 nitrogen and oxygen atoms in total. The molecular formula is C21H29N5O3. The van der Waals surface area contributed by atoms with Gasteiger partial charge in [0.15, 0.2) is 5.78 Å². The van der Waals surface area contributed by atoms with Crippen LogP contribution in [0.5, 0.6) is 0 Å². The number of ketones is 1. The van der Waals surface area contributed by atoms with Gasteiger partial charge in [0.25, 0.3) is 0 Å². The van der Waals surface area contributed by atoms with Crippen molar-refractivity contribution in [2.75, 3.05) is 40.0 Å². The van der Waals surface area contributed by atoms with Gasteiger partial charge in [-0.05, 0) is 24.9 Å². The highest BCUT2D eigenvalue weighted by Gasteiger charge is 2.40. The number of carbonyl (C=O) groups excluding carboxylic acids is 3. The lowest BCUT2D eigenvalue weighted by atomic mass is 10.0. The molecule has 156 valence electrons. The number of Topliss-reactive ketones (excluding diaryl/α,β-unsaturated/α-hetero) is 1. The van der Waals surface area contributed by atoms with Crippen LogP contribution in [0, 0.1) is 0 Å². The molecule has 3 aliphatic rings. The Kier molecular flexibility index (Phi) is 5.82. The highest BCUT2D eigenvalue weighted by molar-refractivity contribution is 5.87. The molecule has 0 bridgehead atoms. The Morgan fingerprint density at radius 1 is 1.17 bits per heavy atom. The van der Waals surface area contributed by atoms with Crippen LogP contribution >= 0.6 is 0 Å². The molecule has 0 saturated carbocycles. The summed E-state index contributed by atoms with van der Waals surface area (Å²) in [5, 5.41) is 2.93. The number of nitrogens with zero attached hydrogens (tertiary/aromatic N) is 4. The van der Waals surface area contributed by atoms with Crippen molar-refractivity contribution in [3.05, 3.63) is 35.9 Å². The van der Waals surface area contributed by atoms with Gasteiger partial charge in [0.05, 0.1) is 25.9 Å². The smallest absolute Gasteiger partial charge is 0.322 e. The molecule has 29 heavy (non-hydrogen) atoms. The minimum absolute atomic E-state index is 0.0331. The van der Waals surface area contributed by atoms with Crippen molar-refractivity contribution in [2.24, 2.45) is 0 Å². The second kappa shape index (κ2) is 8.51. The molecular weight excluding hydrogens is 370 g/mol. The van der Waals surface area contributed by atoms with Crippen molar-refractivity contribution in [2.45, 2.75) is 37.9 Å². The number of fused-ring (bicyclic) bond motifs is 1. The summed E-state index contributed by atoms with van der Waals surface area (Å²) in [4.78, 5) is 45.0. The van der Waals surface area contributed by atoms with Gasteiger partial charge in [-0.2, -0.15) is 0 Å². The predicted molar refractivity (Wildman–Crippen MR) is 108 cm³/mol. The fourth-order valence-electron chi connectivity index (χ4n) is 4.70. The topological polar surface area (TPSA) is 76.2 Å². The number of urea groups is 1.